The first-order valence-electron chi connectivity index (χ1n) is 19.0. The molecule has 10 heteroatoms. The molecule has 4 heterocycles. The maximum absolute atomic E-state index is 3.44. The van der Waals surface area contributed by atoms with E-state index in [1.54, 1.807) is 92.0 Å². The minimum absolute atomic E-state index is 0. The normalized spacial score (nSPS) is 19.4. The molecule has 4 aromatic rings. The van der Waals surface area contributed by atoms with Crippen LogP contribution < -0.4 is 24.8 Å². The Kier molecular flexibility index (Phi) is 27.7. The van der Waals surface area contributed by atoms with E-state index in [9.17, 15) is 0 Å². The van der Waals surface area contributed by atoms with Crippen LogP contribution >= 0.6 is 45.3 Å². The van der Waals surface area contributed by atoms with Crippen molar-refractivity contribution in [3.8, 4) is 0 Å². The zero-order chi connectivity index (χ0) is 41.4. The van der Waals surface area contributed by atoms with E-state index in [1.165, 1.54) is 64.1 Å². The van der Waals surface area contributed by atoms with E-state index in [-0.39, 0.29) is 35.7 Å². The maximum atomic E-state index is 3.44. The van der Waals surface area contributed by atoms with Gasteiger partial charge in [0, 0.05) is 0 Å². The van der Waals surface area contributed by atoms with E-state index in [0.717, 1.165) is 0 Å². The standard InChI is InChI=1S/4C11H11S.2C2H6Si.2ClH.2Zr/c4*1-8-6-10(7-9(8)2)11-4-3-5-12-11;2*1-3-2;;;;/h4*3-6,9H,1-2H3;2*1-2H3;2*1H;;/q4*-1;;;;;2*+2/p-2. The van der Waals surface area contributed by atoms with Gasteiger partial charge in [-0.3, -0.25) is 0 Å². The molecule has 0 spiro atoms. The quantitative estimate of drug-likeness (QED) is 0.141. The Hall–Kier alpha value is -0.500. The SMILES string of the molecule is CC1=CC(c2cccs2)=[C-]C1C.CC1=CC(c2cccs2)=[C-]C1C.CC1=CC(c2cccs2)=[C-]C1C.CC1=CC(c2cccs2)=[C-]C1C.C[Si](C)=[Zr+2].C[Si](C)=[Zr+2].[Cl-].[Cl-]. The van der Waals surface area contributed by atoms with Crippen LogP contribution in [-0.4, -0.2) is 10.9 Å². The van der Waals surface area contributed by atoms with Gasteiger partial charge in [0.05, 0.1) is 0 Å². The number of allylic oxidation sites excluding steroid dienone is 16. The third-order valence-electron chi connectivity index (χ3n) is 8.85. The third-order valence-corrected chi connectivity index (χ3v) is 12.5. The molecule has 4 aliphatic rings. The van der Waals surface area contributed by atoms with Gasteiger partial charge in [-0.2, -0.15) is 70.9 Å². The number of rotatable bonds is 4. The molecular weight excluding hydrogens is 1010 g/mol. The van der Waals surface area contributed by atoms with E-state index in [4.69, 9.17) is 0 Å². The van der Waals surface area contributed by atoms with Crippen molar-refractivity contribution < 1.29 is 71.5 Å². The van der Waals surface area contributed by atoms with Crippen LogP contribution in [0.15, 0.2) is 117 Å². The second-order valence-corrected chi connectivity index (χ2v) is 37.1. The van der Waals surface area contributed by atoms with Crippen LogP contribution in [-0.2, 0) is 46.7 Å². The molecule has 0 N–H and O–H groups in total. The molecule has 0 saturated heterocycles. The molecule has 0 fully saturated rings. The first-order valence-corrected chi connectivity index (χ1v) is 34.9. The Bertz CT molecular complexity index is 1810. The van der Waals surface area contributed by atoms with Gasteiger partial charge in [-0.15, -0.1) is 46.6 Å². The largest absolute Gasteiger partial charge is 1.00 e. The molecule has 0 saturated carbocycles. The minimum Gasteiger partial charge on any atom is -1.00 e. The predicted molar refractivity (Wildman–Crippen MR) is 251 cm³/mol. The Labute approximate surface area is 410 Å². The Morgan fingerprint density at radius 2 is 0.586 bits per heavy atom. The maximum Gasteiger partial charge on any atom is -1.00 e. The summed E-state index contributed by atoms with van der Waals surface area (Å²) in [5.74, 6) is 2.01. The molecule has 0 aromatic carbocycles. The summed E-state index contributed by atoms with van der Waals surface area (Å²) in [6.45, 7) is 26.6. The molecule has 4 aliphatic carbocycles. The van der Waals surface area contributed by atoms with Gasteiger partial charge >= 0.3 is 83.7 Å². The summed E-state index contributed by atoms with van der Waals surface area (Å²) in [4.78, 5) is 5.33. The van der Waals surface area contributed by atoms with Crippen molar-refractivity contribution in [3.63, 3.8) is 0 Å². The Morgan fingerprint density at radius 1 is 0.414 bits per heavy atom. The van der Waals surface area contributed by atoms with Crippen molar-refractivity contribution in [1.29, 1.82) is 0 Å². The Morgan fingerprint density at radius 3 is 0.690 bits per heavy atom. The van der Waals surface area contributed by atoms with E-state index >= 15 is 0 Å². The van der Waals surface area contributed by atoms with Gasteiger partial charge in [0.1, 0.15) is 0 Å². The fourth-order valence-corrected chi connectivity index (χ4v) is 8.08. The zero-order valence-corrected chi connectivity index (χ0v) is 47.6. The summed E-state index contributed by atoms with van der Waals surface area (Å²) in [7, 11) is 0. The fraction of sp³-hybridized carbons (Fsp3) is 0.333. The second-order valence-electron chi connectivity index (χ2n) is 14.6. The average Bonchev–Trinajstić information content (AvgIpc) is 3.98. The van der Waals surface area contributed by atoms with Crippen LogP contribution in [0.2, 0.25) is 26.2 Å². The molecule has 304 valence electrons. The second kappa shape index (κ2) is 29.0. The van der Waals surface area contributed by atoms with E-state index in [2.05, 4.69) is 200 Å². The molecule has 4 atom stereocenters. The van der Waals surface area contributed by atoms with Gasteiger partial charge in [0.25, 0.3) is 0 Å². The topological polar surface area (TPSA) is 0 Å². The van der Waals surface area contributed by atoms with Crippen LogP contribution in [0.4, 0.5) is 0 Å². The number of halogens is 2. The molecule has 0 amide bonds. The predicted octanol–water partition coefficient (Wildman–Crippen LogP) is 9.70. The molecular formula is C48H56Cl2S4Si2Zr2-2. The van der Waals surface area contributed by atoms with Gasteiger partial charge in [0.15, 0.2) is 0 Å². The van der Waals surface area contributed by atoms with E-state index in [0.29, 0.717) is 23.7 Å². The van der Waals surface area contributed by atoms with Gasteiger partial charge < -0.3 is 24.8 Å². The van der Waals surface area contributed by atoms with Crippen LogP contribution in [0.25, 0.3) is 22.3 Å². The van der Waals surface area contributed by atoms with E-state index < -0.39 is 0 Å². The summed E-state index contributed by atoms with van der Waals surface area (Å²) < 4.78 is 0. The van der Waals surface area contributed by atoms with Gasteiger partial charge in [-0.05, 0) is 21.5 Å². The summed E-state index contributed by atoms with van der Waals surface area (Å²) >= 11 is 10.6. The van der Waals surface area contributed by atoms with Gasteiger partial charge in [-0.1, -0.05) is 123 Å². The summed E-state index contributed by atoms with van der Waals surface area (Å²) in [5, 5.41) is 8.43. The van der Waals surface area contributed by atoms with Crippen molar-refractivity contribution >= 4 is 78.5 Å². The summed E-state index contributed by atoms with van der Waals surface area (Å²) in [5.41, 5.74) is 11.2. The number of hydrogen-bond donors (Lipinski definition) is 0. The molecule has 0 radical (unpaired) electrons. The third kappa shape index (κ3) is 19.7. The first-order chi connectivity index (χ1) is 26.5. The molecule has 0 nitrogen and oxygen atoms in total. The monoisotopic (exact) mass is 1070 g/mol. The van der Waals surface area contributed by atoms with Crippen molar-refractivity contribution in [2.75, 3.05) is 0 Å². The van der Waals surface area contributed by atoms with Crippen molar-refractivity contribution in [2.45, 2.75) is 81.6 Å². The van der Waals surface area contributed by atoms with Crippen LogP contribution in [0.1, 0.15) is 74.9 Å². The van der Waals surface area contributed by atoms with Crippen LogP contribution in [0.3, 0.4) is 0 Å². The van der Waals surface area contributed by atoms with Gasteiger partial charge in [0.2, 0.25) is 0 Å². The fourth-order valence-electron chi connectivity index (χ4n) is 5.26. The number of thiophene rings is 4. The minimum atomic E-state index is 0. The summed E-state index contributed by atoms with van der Waals surface area (Å²) in [6, 6.07) is 16.9. The molecule has 0 bridgehead atoms. The number of hydrogen-bond acceptors (Lipinski definition) is 4. The molecule has 0 aliphatic heterocycles. The smallest absolute Gasteiger partial charge is 1.00 e. The van der Waals surface area contributed by atoms with Crippen molar-refractivity contribution in [2.24, 2.45) is 23.7 Å². The van der Waals surface area contributed by atoms with Crippen molar-refractivity contribution in [3.05, 3.63) is 160 Å². The molecule has 4 aromatic heterocycles. The van der Waals surface area contributed by atoms with E-state index in [1.807, 2.05) is 0 Å². The average molecular weight is 1070 g/mol. The van der Waals surface area contributed by atoms with Gasteiger partial charge in [-0.25, -0.2) is 45.3 Å². The molecule has 8 rings (SSSR count). The molecule has 4 unspecified atom stereocenters. The van der Waals surface area contributed by atoms with Crippen molar-refractivity contribution in [1.82, 2.24) is 0 Å². The Balaban J connectivity index is 0.000000360. The van der Waals surface area contributed by atoms with Crippen LogP contribution in [0, 0.1) is 48.0 Å². The molecule has 58 heavy (non-hydrogen) atoms. The first kappa shape index (κ1) is 55.5. The zero-order valence-electron chi connectivity index (χ0n) is 35.9. The summed E-state index contributed by atoms with van der Waals surface area (Å²) in [6.07, 6.45) is 22.7. The van der Waals surface area contributed by atoms with Crippen LogP contribution in [0.5, 0.6) is 0 Å².